The Bertz CT molecular complexity index is 693. The van der Waals surface area contributed by atoms with Gasteiger partial charge in [0.1, 0.15) is 0 Å². The van der Waals surface area contributed by atoms with Crippen molar-refractivity contribution in [3.63, 3.8) is 0 Å². The predicted octanol–water partition coefficient (Wildman–Crippen LogP) is 1.63. The van der Waals surface area contributed by atoms with Gasteiger partial charge >= 0.3 is 0 Å². The van der Waals surface area contributed by atoms with Gasteiger partial charge in [-0.1, -0.05) is 0 Å². The van der Waals surface area contributed by atoms with E-state index in [1.165, 1.54) is 17.6 Å². The molecule has 1 amide bonds. The summed E-state index contributed by atoms with van der Waals surface area (Å²) in [5, 5.41) is 0. The minimum Gasteiger partial charge on any atom is -0.342 e. The van der Waals surface area contributed by atoms with Gasteiger partial charge in [0, 0.05) is 21.2 Å². The van der Waals surface area contributed by atoms with Crippen molar-refractivity contribution in [3.05, 3.63) is 23.3 Å². The van der Waals surface area contributed by atoms with Gasteiger partial charge < -0.3 is 9.64 Å². The van der Waals surface area contributed by atoms with Crippen LogP contribution in [0.4, 0.5) is 11.4 Å². The first-order valence-electron chi connectivity index (χ1n) is 6.76. The number of amidine groups is 1. The van der Waals surface area contributed by atoms with Crippen LogP contribution in [0.3, 0.4) is 0 Å². The molecule has 0 saturated heterocycles. The number of hydrogen-bond acceptors (Lipinski definition) is 5. The third-order valence-corrected chi connectivity index (χ3v) is 4.01. The summed E-state index contributed by atoms with van der Waals surface area (Å²) >= 11 is 0. The predicted molar refractivity (Wildman–Crippen MR) is 82.4 cm³/mol. The summed E-state index contributed by atoms with van der Waals surface area (Å²) in [7, 11) is 5.09. The third-order valence-electron chi connectivity index (χ3n) is 4.01. The van der Waals surface area contributed by atoms with E-state index in [9.17, 15) is 4.79 Å². The number of methoxy groups -OCH3 is 1. The van der Waals surface area contributed by atoms with E-state index in [1.54, 1.807) is 7.05 Å². The Morgan fingerprint density at radius 1 is 1.19 bits per heavy atom. The summed E-state index contributed by atoms with van der Waals surface area (Å²) in [5.74, 6) is 0.378. The highest BCUT2D eigenvalue weighted by Crippen LogP contribution is 2.36. The van der Waals surface area contributed by atoms with Crippen LogP contribution in [0.15, 0.2) is 22.1 Å². The van der Waals surface area contributed by atoms with Gasteiger partial charge in [0.15, 0.2) is 11.5 Å². The third kappa shape index (κ3) is 1.94. The number of aryl methyl sites for hydroxylation is 2. The first-order valence-corrected chi connectivity index (χ1v) is 6.76. The van der Waals surface area contributed by atoms with Gasteiger partial charge in [-0.15, -0.1) is 0 Å². The molecule has 1 aromatic rings. The topological polar surface area (TPSA) is 57.5 Å². The number of aliphatic imine (C=N–C) groups is 2. The SMILES string of the molecule is COC1N=C2C(=Nc3cc(C)c(C)cc3N2C)C(=O)N1C. The smallest absolute Gasteiger partial charge is 0.279 e. The van der Waals surface area contributed by atoms with E-state index in [2.05, 4.69) is 23.0 Å². The molecule has 0 N–H and O–H groups in total. The largest absolute Gasteiger partial charge is 0.342 e. The highest BCUT2D eigenvalue weighted by Gasteiger charge is 2.37. The molecule has 110 valence electrons. The molecule has 0 spiro atoms. The second-order valence-electron chi connectivity index (χ2n) is 5.38. The van der Waals surface area contributed by atoms with Crippen LogP contribution in [0.1, 0.15) is 11.1 Å². The Kier molecular flexibility index (Phi) is 3.06. The summed E-state index contributed by atoms with van der Waals surface area (Å²) in [4.78, 5) is 24.8. The van der Waals surface area contributed by atoms with E-state index in [4.69, 9.17) is 4.74 Å². The molecular formula is C15H18N4O2. The second kappa shape index (κ2) is 4.66. The van der Waals surface area contributed by atoms with Crippen LogP contribution in [0, 0.1) is 13.8 Å². The zero-order valence-corrected chi connectivity index (χ0v) is 12.8. The Morgan fingerprint density at radius 3 is 2.52 bits per heavy atom. The van der Waals surface area contributed by atoms with Gasteiger partial charge in [-0.3, -0.25) is 9.69 Å². The zero-order valence-electron chi connectivity index (χ0n) is 12.8. The molecule has 3 rings (SSSR count). The number of nitrogens with zero attached hydrogens (tertiary/aromatic N) is 4. The standard InChI is InChI=1S/C15H18N4O2/c1-8-6-10-11(7-9(8)2)18(3)13-12(16-10)14(20)19(4)15(17-13)21-5/h6-7,15H,1-5H3. The fraction of sp³-hybridized carbons (Fsp3) is 0.400. The molecule has 0 saturated carbocycles. The van der Waals surface area contributed by atoms with Crippen molar-refractivity contribution >= 4 is 28.8 Å². The fourth-order valence-corrected chi connectivity index (χ4v) is 2.55. The van der Waals surface area contributed by atoms with Crippen molar-refractivity contribution in [2.75, 3.05) is 26.1 Å². The van der Waals surface area contributed by atoms with Crippen molar-refractivity contribution in [2.24, 2.45) is 9.98 Å². The molecule has 0 aromatic heterocycles. The van der Waals surface area contributed by atoms with Crippen molar-refractivity contribution in [2.45, 2.75) is 20.2 Å². The number of rotatable bonds is 1. The first-order chi connectivity index (χ1) is 9.93. The van der Waals surface area contributed by atoms with Crippen molar-refractivity contribution < 1.29 is 9.53 Å². The Balaban J connectivity index is 2.20. The maximum atomic E-state index is 12.4. The number of anilines is 1. The van der Waals surface area contributed by atoms with Gasteiger partial charge in [-0.05, 0) is 37.1 Å². The molecule has 1 atom stereocenters. The van der Waals surface area contributed by atoms with Gasteiger partial charge in [0.05, 0.1) is 11.4 Å². The molecular weight excluding hydrogens is 268 g/mol. The Labute approximate surface area is 123 Å². The van der Waals surface area contributed by atoms with Gasteiger partial charge in [0.25, 0.3) is 5.91 Å². The number of carbonyl (C=O) groups excluding carboxylic acids is 1. The summed E-state index contributed by atoms with van der Waals surface area (Å²) in [5.41, 5.74) is 4.45. The molecule has 0 fully saturated rings. The lowest BCUT2D eigenvalue weighted by Crippen LogP contribution is -2.53. The van der Waals surface area contributed by atoms with E-state index < -0.39 is 6.35 Å². The second-order valence-corrected chi connectivity index (χ2v) is 5.38. The van der Waals surface area contributed by atoms with Crippen molar-refractivity contribution in [1.82, 2.24) is 4.90 Å². The van der Waals surface area contributed by atoms with E-state index in [-0.39, 0.29) is 5.91 Å². The average molecular weight is 286 g/mol. The number of carbonyl (C=O) groups is 1. The number of fused-ring (bicyclic) bond motifs is 2. The van der Waals surface area contributed by atoms with E-state index in [1.807, 2.05) is 24.9 Å². The summed E-state index contributed by atoms with van der Waals surface area (Å²) in [6.45, 7) is 4.09. The molecule has 2 aliphatic heterocycles. The Morgan fingerprint density at radius 2 is 1.86 bits per heavy atom. The van der Waals surface area contributed by atoms with E-state index in [0.29, 0.717) is 11.5 Å². The fourth-order valence-electron chi connectivity index (χ4n) is 2.55. The van der Waals surface area contributed by atoms with E-state index in [0.717, 1.165) is 16.9 Å². The monoisotopic (exact) mass is 286 g/mol. The van der Waals surface area contributed by atoms with Gasteiger partial charge in [-0.25, -0.2) is 9.98 Å². The number of amides is 1. The van der Waals surface area contributed by atoms with Gasteiger partial charge in [-0.2, -0.15) is 0 Å². The molecule has 6 heteroatoms. The lowest BCUT2D eigenvalue weighted by atomic mass is 10.0. The minimum atomic E-state index is -0.609. The molecule has 0 aliphatic carbocycles. The van der Waals surface area contributed by atoms with Crippen LogP contribution >= 0.6 is 0 Å². The zero-order chi connectivity index (χ0) is 15.3. The molecule has 0 bridgehead atoms. The molecule has 2 aliphatic rings. The summed E-state index contributed by atoms with van der Waals surface area (Å²) < 4.78 is 5.24. The molecule has 0 radical (unpaired) electrons. The molecule has 1 unspecified atom stereocenters. The number of benzene rings is 1. The highest BCUT2D eigenvalue weighted by atomic mass is 16.5. The van der Waals surface area contributed by atoms with Gasteiger partial charge in [0.2, 0.25) is 6.35 Å². The molecule has 2 heterocycles. The quantitative estimate of drug-likeness (QED) is 0.788. The van der Waals surface area contributed by atoms with Crippen LogP contribution in [-0.2, 0) is 9.53 Å². The maximum absolute atomic E-state index is 12.4. The molecule has 21 heavy (non-hydrogen) atoms. The van der Waals surface area contributed by atoms with Crippen LogP contribution in [0.5, 0.6) is 0 Å². The summed E-state index contributed by atoms with van der Waals surface area (Å²) in [6.07, 6.45) is -0.609. The van der Waals surface area contributed by atoms with Crippen LogP contribution in [0.2, 0.25) is 0 Å². The normalized spacial score (nSPS) is 20.8. The van der Waals surface area contributed by atoms with Crippen LogP contribution in [0.25, 0.3) is 0 Å². The molecule has 1 aromatic carbocycles. The van der Waals surface area contributed by atoms with Crippen molar-refractivity contribution in [1.29, 1.82) is 0 Å². The minimum absolute atomic E-state index is 0.178. The average Bonchev–Trinajstić information content (AvgIpc) is 2.46. The van der Waals surface area contributed by atoms with E-state index >= 15 is 0 Å². The summed E-state index contributed by atoms with van der Waals surface area (Å²) in [6, 6.07) is 4.07. The highest BCUT2D eigenvalue weighted by molar-refractivity contribution is 6.70. The number of hydrogen-bond donors (Lipinski definition) is 0. The lowest BCUT2D eigenvalue weighted by molar-refractivity contribution is -0.133. The maximum Gasteiger partial charge on any atom is 0.279 e. The lowest BCUT2D eigenvalue weighted by Gasteiger charge is -2.35. The van der Waals surface area contributed by atoms with Crippen LogP contribution in [-0.4, -0.2) is 49.9 Å². The molecule has 6 nitrogen and oxygen atoms in total. The first kappa shape index (κ1) is 13.8. The van der Waals surface area contributed by atoms with Crippen LogP contribution < -0.4 is 4.90 Å². The Hall–Kier alpha value is -2.21. The van der Waals surface area contributed by atoms with Crippen molar-refractivity contribution in [3.8, 4) is 0 Å². The number of ether oxygens (including phenoxy) is 1.